The fourth-order valence-corrected chi connectivity index (χ4v) is 4.25. The van der Waals surface area contributed by atoms with Crippen LogP contribution in [0.5, 0.6) is 0 Å². The van der Waals surface area contributed by atoms with E-state index in [-0.39, 0.29) is 23.9 Å². The van der Waals surface area contributed by atoms with Gasteiger partial charge in [0.05, 0.1) is 12.2 Å². The Morgan fingerprint density at radius 1 is 1.07 bits per heavy atom. The van der Waals surface area contributed by atoms with Crippen molar-refractivity contribution in [2.45, 2.75) is 18.4 Å². The maximum atomic E-state index is 13.7. The van der Waals surface area contributed by atoms with Crippen molar-refractivity contribution in [2.75, 3.05) is 37.7 Å². The third kappa shape index (κ3) is 4.27. The van der Waals surface area contributed by atoms with Gasteiger partial charge in [-0.15, -0.1) is 12.4 Å². The summed E-state index contributed by atoms with van der Waals surface area (Å²) >= 11 is 0. The summed E-state index contributed by atoms with van der Waals surface area (Å²) in [4.78, 5) is 29.2. The van der Waals surface area contributed by atoms with E-state index in [0.717, 1.165) is 31.6 Å². The minimum Gasteiger partial charge on any atom is -0.351 e. The predicted molar refractivity (Wildman–Crippen MR) is 116 cm³/mol. The van der Waals surface area contributed by atoms with Crippen molar-refractivity contribution in [3.63, 3.8) is 0 Å². The molecule has 2 aromatic carbocycles. The van der Waals surface area contributed by atoms with Crippen LogP contribution in [0.4, 0.5) is 10.1 Å². The van der Waals surface area contributed by atoms with Gasteiger partial charge in [0.25, 0.3) is 5.91 Å². The standard InChI is InChI=1S/C22H25FN4O2.ClH/c23-19-9-5-4-8-18(19)20(28)24-12-15-26-13-10-22(11-14-26)21(29)25-16-27(22)17-6-2-1-3-7-17;/h1-9H,10-16H2,(H,24,28)(H,25,29);1H. The van der Waals surface area contributed by atoms with Crippen molar-refractivity contribution in [1.29, 1.82) is 0 Å². The van der Waals surface area contributed by atoms with E-state index >= 15 is 0 Å². The second-order valence-electron chi connectivity index (χ2n) is 7.54. The summed E-state index contributed by atoms with van der Waals surface area (Å²) in [6.07, 6.45) is 1.46. The number of hydrogen-bond donors (Lipinski definition) is 2. The van der Waals surface area contributed by atoms with Crippen LogP contribution in [-0.2, 0) is 4.79 Å². The lowest BCUT2D eigenvalue weighted by Crippen LogP contribution is -2.57. The molecule has 8 heteroatoms. The molecule has 1 spiro atoms. The maximum Gasteiger partial charge on any atom is 0.254 e. The molecule has 30 heavy (non-hydrogen) atoms. The van der Waals surface area contributed by atoms with Gasteiger partial charge in [0.1, 0.15) is 11.4 Å². The van der Waals surface area contributed by atoms with E-state index in [1.165, 1.54) is 12.1 Å². The number of halogens is 2. The fraction of sp³-hybridized carbons (Fsp3) is 0.364. The van der Waals surface area contributed by atoms with Gasteiger partial charge in [-0.2, -0.15) is 0 Å². The van der Waals surface area contributed by atoms with Crippen molar-refractivity contribution < 1.29 is 14.0 Å². The van der Waals surface area contributed by atoms with Crippen LogP contribution in [0.25, 0.3) is 0 Å². The monoisotopic (exact) mass is 432 g/mol. The smallest absolute Gasteiger partial charge is 0.254 e. The molecule has 160 valence electrons. The Labute approximate surface area is 181 Å². The normalized spacial score (nSPS) is 18.0. The van der Waals surface area contributed by atoms with E-state index in [9.17, 15) is 14.0 Å². The predicted octanol–water partition coefficient (Wildman–Crippen LogP) is 2.41. The Hall–Kier alpha value is -2.64. The van der Waals surface area contributed by atoms with Crippen molar-refractivity contribution in [3.05, 3.63) is 66.0 Å². The highest BCUT2D eigenvalue weighted by Gasteiger charge is 2.50. The number of rotatable bonds is 5. The number of nitrogens with zero attached hydrogens (tertiary/aromatic N) is 2. The molecule has 0 aliphatic carbocycles. The number of benzene rings is 2. The van der Waals surface area contributed by atoms with Crippen molar-refractivity contribution in [3.8, 4) is 0 Å². The Kier molecular flexibility index (Phi) is 6.95. The first kappa shape index (κ1) is 22.1. The lowest BCUT2D eigenvalue weighted by atomic mass is 9.85. The highest BCUT2D eigenvalue weighted by molar-refractivity contribution is 5.94. The van der Waals surface area contributed by atoms with Crippen molar-refractivity contribution in [1.82, 2.24) is 15.5 Å². The largest absolute Gasteiger partial charge is 0.351 e. The van der Waals surface area contributed by atoms with Gasteiger partial charge in [-0.3, -0.25) is 9.59 Å². The molecule has 0 unspecified atom stereocenters. The quantitative estimate of drug-likeness (QED) is 0.761. The third-order valence-electron chi connectivity index (χ3n) is 5.92. The lowest BCUT2D eigenvalue weighted by molar-refractivity contribution is -0.125. The summed E-state index contributed by atoms with van der Waals surface area (Å²) in [7, 11) is 0. The summed E-state index contributed by atoms with van der Waals surface area (Å²) < 4.78 is 13.7. The van der Waals surface area contributed by atoms with Gasteiger partial charge in [-0.1, -0.05) is 30.3 Å². The van der Waals surface area contributed by atoms with Crippen LogP contribution in [-0.4, -0.2) is 55.1 Å². The Bertz CT molecular complexity index is 888. The molecule has 0 radical (unpaired) electrons. The molecule has 2 saturated heterocycles. The van der Waals surface area contributed by atoms with E-state index in [2.05, 4.69) is 20.4 Å². The zero-order valence-corrected chi connectivity index (χ0v) is 17.5. The first-order valence-electron chi connectivity index (χ1n) is 9.96. The zero-order chi connectivity index (χ0) is 20.3. The van der Waals surface area contributed by atoms with Gasteiger partial charge in [0.15, 0.2) is 0 Å². The molecule has 2 amide bonds. The van der Waals surface area contributed by atoms with Crippen molar-refractivity contribution in [2.24, 2.45) is 0 Å². The molecule has 2 aliphatic heterocycles. The number of piperidine rings is 1. The molecule has 2 fully saturated rings. The van der Waals surface area contributed by atoms with E-state index in [4.69, 9.17) is 0 Å². The van der Waals surface area contributed by atoms with Crippen LogP contribution in [0.1, 0.15) is 23.2 Å². The van der Waals surface area contributed by atoms with Gasteiger partial charge in [0, 0.05) is 31.9 Å². The van der Waals surface area contributed by atoms with Gasteiger partial charge in [-0.05, 0) is 37.1 Å². The minimum absolute atomic E-state index is 0. The Morgan fingerprint density at radius 3 is 2.43 bits per heavy atom. The van der Waals surface area contributed by atoms with Crippen LogP contribution < -0.4 is 15.5 Å². The molecular formula is C22H26ClFN4O2. The summed E-state index contributed by atoms with van der Waals surface area (Å²) in [6, 6.07) is 16.0. The maximum absolute atomic E-state index is 13.7. The molecule has 4 rings (SSSR count). The van der Waals surface area contributed by atoms with E-state index < -0.39 is 17.3 Å². The molecule has 0 atom stereocenters. The minimum atomic E-state index is -0.516. The SMILES string of the molecule is Cl.O=C(NCCN1CCC2(CC1)C(=O)NCN2c1ccccc1)c1ccccc1F. The number of para-hydroxylation sites is 1. The molecule has 6 nitrogen and oxygen atoms in total. The van der Waals surface area contributed by atoms with E-state index in [1.54, 1.807) is 12.1 Å². The first-order chi connectivity index (χ1) is 14.1. The van der Waals surface area contributed by atoms with E-state index in [1.807, 2.05) is 30.3 Å². The summed E-state index contributed by atoms with van der Waals surface area (Å²) in [5.74, 6) is -0.825. The molecule has 0 aromatic heterocycles. The summed E-state index contributed by atoms with van der Waals surface area (Å²) in [6.45, 7) is 3.18. The topological polar surface area (TPSA) is 64.7 Å². The highest BCUT2D eigenvalue weighted by Crippen LogP contribution is 2.35. The average molecular weight is 433 g/mol. The summed E-state index contributed by atoms with van der Waals surface area (Å²) in [5, 5.41) is 5.78. The molecule has 2 aromatic rings. The van der Waals surface area contributed by atoms with Crippen LogP contribution in [0.3, 0.4) is 0 Å². The lowest BCUT2D eigenvalue weighted by Gasteiger charge is -2.43. The molecule has 0 bridgehead atoms. The Morgan fingerprint density at radius 2 is 1.73 bits per heavy atom. The number of anilines is 1. The van der Waals surface area contributed by atoms with Crippen LogP contribution in [0.2, 0.25) is 0 Å². The number of amides is 2. The van der Waals surface area contributed by atoms with E-state index in [0.29, 0.717) is 19.8 Å². The van der Waals surface area contributed by atoms with Crippen LogP contribution in [0.15, 0.2) is 54.6 Å². The molecule has 2 heterocycles. The molecular weight excluding hydrogens is 407 g/mol. The van der Waals surface area contributed by atoms with Gasteiger partial charge >= 0.3 is 0 Å². The third-order valence-corrected chi connectivity index (χ3v) is 5.92. The first-order valence-corrected chi connectivity index (χ1v) is 9.96. The average Bonchev–Trinajstić information content (AvgIpc) is 3.06. The molecule has 0 saturated carbocycles. The number of carbonyl (C=O) groups excluding carboxylic acids is 2. The van der Waals surface area contributed by atoms with Gasteiger partial charge in [0.2, 0.25) is 5.91 Å². The zero-order valence-electron chi connectivity index (χ0n) is 16.6. The summed E-state index contributed by atoms with van der Waals surface area (Å²) in [5.41, 5.74) is 0.608. The van der Waals surface area contributed by atoms with Crippen LogP contribution >= 0.6 is 12.4 Å². The number of carbonyl (C=O) groups is 2. The second kappa shape index (κ2) is 9.45. The van der Waals surface area contributed by atoms with Crippen molar-refractivity contribution >= 4 is 29.9 Å². The number of hydrogen-bond acceptors (Lipinski definition) is 4. The Balaban J connectivity index is 0.00000256. The molecule has 2 N–H and O–H groups in total. The number of likely N-dealkylation sites (tertiary alicyclic amines) is 1. The van der Waals surface area contributed by atoms with Gasteiger partial charge in [-0.25, -0.2) is 4.39 Å². The highest BCUT2D eigenvalue weighted by atomic mass is 35.5. The fourth-order valence-electron chi connectivity index (χ4n) is 4.25. The van der Waals surface area contributed by atoms with Crippen LogP contribution in [0, 0.1) is 5.82 Å². The second-order valence-corrected chi connectivity index (χ2v) is 7.54. The van der Waals surface area contributed by atoms with Gasteiger partial charge < -0.3 is 20.4 Å². The number of nitrogens with one attached hydrogen (secondary N) is 2. The molecule has 2 aliphatic rings.